The number of hydrogen-bond acceptors (Lipinski definition) is 2. The number of anilines is 1. The molecule has 74 valence electrons. The van der Waals surface area contributed by atoms with Crippen LogP contribution in [0.25, 0.3) is 0 Å². The standard InChI is InChI=1S/C10H9F2NO/c11-8-4-13(5-8)9-2-1-7(6-14)10(12)3-9/h1-3,6,8H,4-5H2. The van der Waals surface area contributed by atoms with E-state index in [1.807, 2.05) is 0 Å². The summed E-state index contributed by atoms with van der Waals surface area (Å²) in [6.45, 7) is 0.611. The Bertz CT molecular complexity index is 361. The van der Waals surface area contributed by atoms with Crippen molar-refractivity contribution in [1.29, 1.82) is 0 Å². The van der Waals surface area contributed by atoms with Crippen LogP contribution in [0.5, 0.6) is 0 Å². The Labute approximate surface area is 80.1 Å². The van der Waals surface area contributed by atoms with Crippen molar-refractivity contribution in [2.24, 2.45) is 0 Å². The molecule has 0 saturated carbocycles. The van der Waals surface area contributed by atoms with Gasteiger partial charge in [-0.25, -0.2) is 8.78 Å². The lowest BCUT2D eigenvalue weighted by atomic mass is 10.1. The predicted molar refractivity (Wildman–Crippen MR) is 48.9 cm³/mol. The molecule has 0 aliphatic carbocycles. The van der Waals surface area contributed by atoms with Gasteiger partial charge in [-0.15, -0.1) is 0 Å². The summed E-state index contributed by atoms with van der Waals surface area (Å²) in [6, 6.07) is 4.29. The smallest absolute Gasteiger partial charge is 0.152 e. The summed E-state index contributed by atoms with van der Waals surface area (Å²) in [5.74, 6) is -0.556. The summed E-state index contributed by atoms with van der Waals surface area (Å²) in [5.41, 5.74) is 0.660. The fourth-order valence-corrected chi connectivity index (χ4v) is 1.44. The minimum Gasteiger partial charge on any atom is -0.365 e. The third-order valence-electron chi connectivity index (χ3n) is 2.31. The number of benzene rings is 1. The molecule has 1 aromatic carbocycles. The summed E-state index contributed by atoms with van der Waals surface area (Å²) >= 11 is 0. The van der Waals surface area contributed by atoms with E-state index < -0.39 is 12.0 Å². The maximum atomic E-state index is 13.1. The molecule has 0 radical (unpaired) electrons. The molecule has 1 heterocycles. The van der Waals surface area contributed by atoms with Gasteiger partial charge in [-0.05, 0) is 18.2 Å². The largest absolute Gasteiger partial charge is 0.365 e. The molecule has 14 heavy (non-hydrogen) atoms. The first-order chi connectivity index (χ1) is 6.70. The van der Waals surface area contributed by atoms with Gasteiger partial charge >= 0.3 is 0 Å². The van der Waals surface area contributed by atoms with Crippen molar-refractivity contribution in [2.45, 2.75) is 6.17 Å². The maximum Gasteiger partial charge on any atom is 0.152 e. The number of aldehydes is 1. The summed E-state index contributed by atoms with van der Waals surface area (Å²) < 4.78 is 25.6. The van der Waals surface area contributed by atoms with Gasteiger partial charge in [-0.2, -0.15) is 0 Å². The summed E-state index contributed by atoms with van der Waals surface area (Å²) in [7, 11) is 0. The van der Waals surface area contributed by atoms with Crippen molar-refractivity contribution in [1.82, 2.24) is 0 Å². The van der Waals surface area contributed by atoms with Gasteiger partial charge in [0.15, 0.2) is 6.29 Å². The third kappa shape index (κ3) is 1.47. The number of carbonyl (C=O) groups excluding carboxylic acids is 1. The molecule has 1 saturated heterocycles. The van der Waals surface area contributed by atoms with Crippen LogP contribution < -0.4 is 4.90 Å². The van der Waals surface area contributed by atoms with Gasteiger partial charge < -0.3 is 4.90 Å². The Kier molecular flexibility index (Phi) is 2.19. The van der Waals surface area contributed by atoms with E-state index in [2.05, 4.69) is 0 Å². The second kappa shape index (κ2) is 3.36. The Morgan fingerprint density at radius 2 is 2.14 bits per heavy atom. The molecule has 1 fully saturated rings. The highest BCUT2D eigenvalue weighted by Gasteiger charge is 2.26. The topological polar surface area (TPSA) is 20.3 Å². The van der Waals surface area contributed by atoms with E-state index in [0.717, 1.165) is 0 Å². The van der Waals surface area contributed by atoms with E-state index in [1.165, 1.54) is 12.1 Å². The van der Waals surface area contributed by atoms with Crippen molar-refractivity contribution < 1.29 is 13.6 Å². The Hall–Kier alpha value is -1.45. The highest BCUT2D eigenvalue weighted by molar-refractivity contribution is 5.76. The molecule has 0 bridgehead atoms. The molecule has 4 heteroatoms. The van der Waals surface area contributed by atoms with Gasteiger partial charge in [0.25, 0.3) is 0 Å². The normalized spacial score (nSPS) is 16.6. The molecule has 0 atom stereocenters. The SMILES string of the molecule is O=Cc1ccc(N2CC(F)C2)cc1F. The molecule has 1 aliphatic rings. The second-order valence-corrected chi connectivity index (χ2v) is 3.33. The lowest BCUT2D eigenvalue weighted by Gasteiger charge is -2.36. The predicted octanol–water partition coefficient (Wildman–Crippen LogP) is 1.80. The van der Waals surface area contributed by atoms with Crippen LogP contribution in [0.1, 0.15) is 10.4 Å². The molecule has 1 aliphatic heterocycles. The first-order valence-corrected chi connectivity index (χ1v) is 4.34. The average molecular weight is 197 g/mol. The number of rotatable bonds is 2. The van der Waals surface area contributed by atoms with Gasteiger partial charge in [0, 0.05) is 5.69 Å². The number of halogens is 2. The summed E-state index contributed by atoms with van der Waals surface area (Å²) in [6.07, 6.45) is -0.350. The number of nitrogens with zero attached hydrogens (tertiary/aromatic N) is 1. The van der Waals surface area contributed by atoms with Crippen LogP contribution in [-0.2, 0) is 0 Å². The molecule has 1 aromatic rings. The molecule has 0 N–H and O–H groups in total. The minimum atomic E-state index is -0.816. The minimum absolute atomic E-state index is 0.0334. The van der Waals surface area contributed by atoms with Gasteiger partial charge in [-0.1, -0.05) is 0 Å². The first kappa shape index (κ1) is 9.12. The molecular formula is C10H9F2NO. The molecule has 0 amide bonds. The molecule has 2 nitrogen and oxygen atoms in total. The van der Waals surface area contributed by atoms with Gasteiger partial charge in [0.2, 0.25) is 0 Å². The lowest BCUT2D eigenvalue weighted by Crippen LogP contribution is -2.48. The van der Waals surface area contributed by atoms with Gasteiger partial charge in [-0.3, -0.25) is 4.79 Å². The van der Waals surface area contributed by atoms with Crippen LogP contribution >= 0.6 is 0 Å². The Balaban J connectivity index is 2.20. The average Bonchev–Trinajstić information content (AvgIpc) is 2.13. The zero-order valence-corrected chi connectivity index (χ0v) is 7.41. The van der Waals surface area contributed by atoms with E-state index in [1.54, 1.807) is 11.0 Å². The number of alkyl halides is 1. The van der Waals surface area contributed by atoms with Crippen molar-refractivity contribution in [3.05, 3.63) is 29.6 Å². The van der Waals surface area contributed by atoms with Crippen molar-refractivity contribution >= 4 is 12.0 Å². The molecule has 0 aromatic heterocycles. The fraction of sp³-hybridized carbons (Fsp3) is 0.300. The monoisotopic (exact) mass is 197 g/mol. The van der Waals surface area contributed by atoms with Crippen molar-refractivity contribution in [2.75, 3.05) is 18.0 Å². The van der Waals surface area contributed by atoms with Gasteiger partial charge in [0.1, 0.15) is 12.0 Å². The zero-order chi connectivity index (χ0) is 10.1. The fourth-order valence-electron chi connectivity index (χ4n) is 1.44. The van der Waals surface area contributed by atoms with E-state index >= 15 is 0 Å². The number of hydrogen-bond donors (Lipinski definition) is 0. The van der Waals surface area contributed by atoms with Crippen LogP contribution in [-0.4, -0.2) is 25.5 Å². The molecular weight excluding hydrogens is 188 g/mol. The summed E-state index contributed by atoms with van der Waals surface area (Å²) in [5, 5.41) is 0. The van der Waals surface area contributed by atoms with Gasteiger partial charge in [0.05, 0.1) is 18.7 Å². The number of carbonyl (C=O) groups is 1. The summed E-state index contributed by atoms with van der Waals surface area (Å²) in [4.78, 5) is 12.1. The van der Waals surface area contributed by atoms with Crippen LogP contribution in [0.2, 0.25) is 0 Å². The third-order valence-corrected chi connectivity index (χ3v) is 2.31. The van der Waals surface area contributed by atoms with Crippen LogP contribution in [0.15, 0.2) is 18.2 Å². The Morgan fingerprint density at radius 3 is 2.64 bits per heavy atom. The van der Waals surface area contributed by atoms with Crippen molar-refractivity contribution in [3.63, 3.8) is 0 Å². The maximum absolute atomic E-state index is 13.1. The first-order valence-electron chi connectivity index (χ1n) is 4.34. The highest BCUT2D eigenvalue weighted by Crippen LogP contribution is 2.23. The molecule has 0 unspecified atom stereocenters. The zero-order valence-electron chi connectivity index (χ0n) is 7.41. The van der Waals surface area contributed by atoms with E-state index in [-0.39, 0.29) is 5.56 Å². The van der Waals surface area contributed by atoms with E-state index in [0.29, 0.717) is 25.1 Å². The van der Waals surface area contributed by atoms with Crippen LogP contribution in [0.3, 0.4) is 0 Å². The molecule has 2 rings (SSSR count). The van der Waals surface area contributed by atoms with Crippen LogP contribution in [0.4, 0.5) is 14.5 Å². The highest BCUT2D eigenvalue weighted by atomic mass is 19.1. The van der Waals surface area contributed by atoms with E-state index in [9.17, 15) is 13.6 Å². The molecule has 0 spiro atoms. The van der Waals surface area contributed by atoms with Crippen molar-refractivity contribution in [3.8, 4) is 0 Å². The van der Waals surface area contributed by atoms with E-state index in [4.69, 9.17) is 0 Å². The Morgan fingerprint density at radius 1 is 1.43 bits per heavy atom. The van der Waals surface area contributed by atoms with Crippen LogP contribution in [0, 0.1) is 5.82 Å². The lowest BCUT2D eigenvalue weighted by molar-refractivity contribution is 0.112. The quantitative estimate of drug-likeness (QED) is 0.674. The second-order valence-electron chi connectivity index (χ2n) is 3.33.